The Morgan fingerprint density at radius 2 is 1.96 bits per heavy atom. The Morgan fingerprint density at radius 1 is 1.32 bits per heavy atom. The van der Waals surface area contributed by atoms with Gasteiger partial charge in [0, 0.05) is 10.3 Å². The highest BCUT2D eigenvalue weighted by Crippen LogP contribution is 2.38. The SMILES string of the molecule is CC1(C)OC[C@H](C[C@@H](I)[C@@H]2N=C(C(Cl)(Cl)Cl)O[C@H]2CCOC(=N)C(Cl)(Cl)Cl)O1. The van der Waals surface area contributed by atoms with Crippen LogP contribution in [0.3, 0.4) is 0 Å². The minimum atomic E-state index is -1.92. The van der Waals surface area contributed by atoms with Gasteiger partial charge < -0.3 is 18.9 Å². The monoisotopic (exact) mass is 628 g/mol. The van der Waals surface area contributed by atoms with Crippen molar-refractivity contribution in [3.63, 3.8) is 0 Å². The van der Waals surface area contributed by atoms with Crippen LogP contribution in [0.1, 0.15) is 26.7 Å². The van der Waals surface area contributed by atoms with Gasteiger partial charge in [0.25, 0.3) is 7.59 Å². The standard InChI is InChI=1S/C15H19Cl6IN2O4/c1-13(2)26-6-7(28-13)5-8(22)10-9(27-12(24-10)15(19,20)21)3-4-25-11(23)14(16,17)18/h7-10,23H,3-6H2,1-2H3/t7-,8+,9-,10-/m0/s1. The average Bonchev–Trinajstić information content (AvgIpc) is 3.09. The van der Waals surface area contributed by atoms with E-state index >= 15 is 0 Å². The maximum Gasteiger partial charge on any atom is 0.266 e. The third-order valence-electron chi connectivity index (χ3n) is 3.98. The minimum absolute atomic E-state index is 0.0163. The summed E-state index contributed by atoms with van der Waals surface area (Å²) in [5.41, 5.74) is 0. The molecule has 1 saturated heterocycles. The van der Waals surface area contributed by atoms with Gasteiger partial charge >= 0.3 is 0 Å². The first-order valence-corrected chi connectivity index (χ1v) is 11.8. The van der Waals surface area contributed by atoms with Gasteiger partial charge in [0.05, 0.1) is 19.3 Å². The molecule has 2 aliphatic rings. The molecule has 0 aliphatic carbocycles. The van der Waals surface area contributed by atoms with Gasteiger partial charge in [-0.05, 0) is 20.3 Å². The Labute approximate surface area is 207 Å². The number of aliphatic imine (C=N–C) groups is 1. The molecule has 0 saturated carbocycles. The lowest BCUT2D eigenvalue weighted by Crippen LogP contribution is -2.35. The molecule has 6 nitrogen and oxygen atoms in total. The Kier molecular flexibility index (Phi) is 9.01. The summed E-state index contributed by atoms with van der Waals surface area (Å²) >= 11 is 36.9. The van der Waals surface area contributed by atoms with Crippen LogP contribution in [-0.4, -0.2) is 60.6 Å². The van der Waals surface area contributed by atoms with E-state index in [2.05, 4.69) is 27.6 Å². The number of nitrogens with one attached hydrogen (secondary N) is 1. The summed E-state index contributed by atoms with van der Waals surface area (Å²) in [5, 5.41) is 7.59. The summed E-state index contributed by atoms with van der Waals surface area (Å²) in [6, 6.07) is -0.302. The number of nitrogens with zero attached hydrogens (tertiary/aromatic N) is 1. The van der Waals surface area contributed by atoms with E-state index in [1.165, 1.54) is 0 Å². The van der Waals surface area contributed by atoms with Gasteiger partial charge in [0.15, 0.2) is 5.79 Å². The molecule has 0 aromatic rings. The van der Waals surface area contributed by atoms with E-state index in [1.807, 2.05) is 13.8 Å². The van der Waals surface area contributed by atoms with E-state index in [4.69, 9.17) is 94.0 Å². The number of hydrogen-bond donors (Lipinski definition) is 1. The number of ether oxygens (including phenoxy) is 4. The second-order valence-electron chi connectivity index (χ2n) is 6.75. The topological polar surface area (TPSA) is 73.1 Å². The first kappa shape index (κ1) is 25.6. The molecule has 2 rings (SSSR count). The van der Waals surface area contributed by atoms with Crippen molar-refractivity contribution in [2.45, 2.75) is 62.2 Å². The normalized spacial score (nSPS) is 28.6. The summed E-state index contributed by atoms with van der Waals surface area (Å²) in [5.74, 6) is -1.06. The summed E-state index contributed by atoms with van der Waals surface area (Å²) in [7, 11) is 0. The fourth-order valence-corrected chi connectivity index (χ4v) is 4.41. The van der Waals surface area contributed by atoms with Crippen molar-refractivity contribution in [2.24, 2.45) is 4.99 Å². The number of halogens is 7. The van der Waals surface area contributed by atoms with Gasteiger partial charge in [-0.1, -0.05) is 92.2 Å². The van der Waals surface area contributed by atoms with E-state index in [1.54, 1.807) is 0 Å². The lowest BCUT2D eigenvalue weighted by molar-refractivity contribution is -0.138. The molecular formula is C15H19Cl6IN2O4. The Balaban J connectivity index is 1.99. The molecular weight excluding hydrogens is 612 g/mol. The van der Waals surface area contributed by atoms with Crippen LogP contribution in [0, 0.1) is 5.41 Å². The van der Waals surface area contributed by atoms with Gasteiger partial charge in [-0.25, -0.2) is 4.99 Å². The van der Waals surface area contributed by atoms with E-state index in [-0.39, 0.29) is 28.6 Å². The first-order chi connectivity index (χ1) is 12.7. The van der Waals surface area contributed by atoms with Gasteiger partial charge in [0.2, 0.25) is 11.8 Å². The molecule has 2 heterocycles. The molecule has 0 bridgehead atoms. The van der Waals surface area contributed by atoms with Crippen LogP contribution in [-0.2, 0) is 18.9 Å². The van der Waals surface area contributed by atoms with Crippen LogP contribution in [0.2, 0.25) is 0 Å². The predicted octanol–water partition coefficient (Wildman–Crippen LogP) is 5.62. The molecule has 0 aromatic heterocycles. The zero-order valence-corrected chi connectivity index (χ0v) is 21.6. The van der Waals surface area contributed by atoms with E-state index in [0.29, 0.717) is 19.4 Å². The molecule has 162 valence electrons. The third-order valence-corrected chi connectivity index (χ3v) is 6.23. The summed E-state index contributed by atoms with van der Waals surface area (Å²) in [6.45, 7) is 4.31. The zero-order chi connectivity index (χ0) is 21.3. The second-order valence-corrected chi connectivity index (χ2v) is 12.9. The Bertz CT molecular complexity index is 610. The molecule has 0 spiro atoms. The smallest absolute Gasteiger partial charge is 0.266 e. The predicted molar refractivity (Wildman–Crippen MR) is 122 cm³/mol. The Hall–Kier alpha value is 1.33. The molecule has 4 atom stereocenters. The van der Waals surface area contributed by atoms with Crippen molar-refractivity contribution in [3.05, 3.63) is 0 Å². The maximum absolute atomic E-state index is 7.59. The quantitative estimate of drug-likeness (QED) is 0.179. The molecule has 28 heavy (non-hydrogen) atoms. The summed E-state index contributed by atoms with van der Waals surface area (Å²) in [4.78, 5) is 4.47. The lowest BCUT2D eigenvalue weighted by atomic mass is 10.0. The van der Waals surface area contributed by atoms with Crippen LogP contribution in [0.5, 0.6) is 0 Å². The van der Waals surface area contributed by atoms with Crippen LogP contribution in [0.15, 0.2) is 4.99 Å². The number of rotatable bonds is 6. The summed E-state index contributed by atoms with van der Waals surface area (Å²) < 4.78 is 18.7. The van der Waals surface area contributed by atoms with Gasteiger partial charge in [-0.3, -0.25) is 5.41 Å². The highest BCUT2D eigenvalue weighted by atomic mass is 127. The van der Waals surface area contributed by atoms with Crippen molar-refractivity contribution >= 4 is 104 Å². The van der Waals surface area contributed by atoms with Crippen LogP contribution in [0.25, 0.3) is 0 Å². The average molecular weight is 631 g/mol. The summed E-state index contributed by atoms with van der Waals surface area (Å²) in [6.07, 6.45) is 0.536. The van der Waals surface area contributed by atoms with Crippen molar-refractivity contribution in [2.75, 3.05) is 13.2 Å². The van der Waals surface area contributed by atoms with Gasteiger partial charge in [-0.15, -0.1) is 0 Å². The molecule has 1 fully saturated rings. The van der Waals surface area contributed by atoms with Gasteiger partial charge in [-0.2, -0.15) is 0 Å². The van der Waals surface area contributed by atoms with Crippen LogP contribution < -0.4 is 0 Å². The van der Waals surface area contributed by atoms with E-state index in [9.17, 15) is 0 Å². The van der Waals surface area contributed by atoms with Crippen molar-refractivity contribution < 1.29 is 18.9 Å². The third kappa shape index (κ3) is 7.48. The highest BCUT2D eigenvalue weighted by Gasteiger charge is 2.44. The molecule has 2 aliphatic heterocycles. The molecule has 0 aromatic carbocycles. The van der Waals surface area contributed by atoms with Crippen molar-refractivity contribution in [1.29, 1.82) is 5.41 Å². The van der Waals surface area contributed by atoms with Gasteiger partial charge in [0.1, 0.15) is 12.1 Å². The van der Waals surface area contributed by atoms with E-state index < -0.39 is 25.4 Å². The molecule has 0 amide bonds. The number of alkyl halides is 7. The van der Waals surface area contributed by atoms with Crippen molar-refractivity contribution in [3.8, 4) is 0 Å². The lowest BCUT2D eigenvalue weighted by Gasteiger charge is -2.24. The largest absolute Gasteiger partial charge is 0.478 e. The first-order valence-electron chi connectivity index (χ1n) is 8.25. The Morgan fingerprint density at radius 3 is 2.46 bits per heavy atom. The fraction of sp³-hybridized carbons (Fsp3) is 0.867. The molecule has 0 radical (unpaired) electrons. The highest BCUT2D eigenvalue weighted by molar-refractivity contribution is 14.1. The fourth-order valence-electron chi connectivity index (χ4n) is 2.77. The maximum atomic E-state index is 7.59. The molecule has 1 N–H and O–H groups in total. The molecule has 0 unspecified atom stereocenters. The minimum Gasteiger partial charge on any atom is -0.478 e. The van der Waals surface area contributed by atoms with E-state index in [0.717, 1.165) is 0 Å². The zero-order valence-electron chi connectivity index (χ0n) is 14.9. The van der Waals surface area contributed by atoms with Crippen molar-refractivity contribution in [1.82, 2.24) is 0 Å². The molecule has 13 heteroatoms. The van der Waals surface area contributed by atoms with Crippen LogP contribution >= 0.6 is 92.2 Å². The second kappa shape index (κ2) is 9.86. The van der Waals surface area contributed by atoms with Crippen LogP contribution in [0.4, 0.5) is 0 Å². The number of hydrogen-bond acceptors (Lipinski definition) is 6.